The van der Waals surface area contributed by atoms with Gasteiger partial charge in [0.1, 0.15) is 4.99 Å². The summed E-state index contributed by atoms with van der Waals surface area (Å²) >= 11 is 10.7. The fraction of sp³-hybridized carbons (Fsp3) is 0.111. The van der Waals surface area contributed by atoms with Gasteiger partial charge in [-0.3, -0.25) is 5.43 Å². The molecule has 7 heteroatoms. The number of carbonyl (C=O) groups is 1. The van der Waals surface area contributed by atoms with Crippen LogP contribution in [0.1, 0.15) is 5.56 Å². The van der Waals surface area contributed by atoms with Crippen LogP contribution in [0.15, 0.2) is 18.2 Å². The molecule has 16 heavy (non-hydrogen) atoms. The third kappa shape index (κ3) is 3.25. The summed E-state index contributed by atoms with van der Waals surface area (Å²) in [5, 5.41) is 0.427. The minimum absolute atomic E-state index is 0.248. The third-order valence-corrected chi connectivity index (χ3v) is 2.30. The number of methoxy groups -OCH3 is 1. The summed E-state index contributed by atoms with van der Waals surface area (Å²) in [7, 11) is 1.25. The summed E-state index contributed by atoms with van der Waals surface area (Å²) in [5.74, 6) is 0. The van der Waals surface area contributed by atoms with Gasteiger partial charge < -0.3 is 10.5 Å². The van der Waals surface area contributed by atoms with E-state index in [9.17, 15) is 4.79 Å². The van der Waals surface area contributed by atoms with Crippen molar-refractivity contribution in [3.8, 4) is 0 Å². The van der Waals surface area contributed by atoms with E-state index in [0.717, 1.165) is 0 Å². The lowest BCUT2D eigenvalue weighted by atomic mass is 10.2. The first-order valence-electron chi connectivity index (χ1n) is 4.24. The first-order chi connectivity index (χ1) is 7.54. The van der Waals surface area contributed by atoms with Crippen molar-refractivity contribution >= 4 is 40.6 Å². The lowest BCUT2D eigenvalue weighted by Gasteiger charge is -2.10. The number of thiocarbonyl (C=S) groups is 1. The van der Waals surface area contributed by atoms with E-state index in [0.29, 0.717) is 16.3 Å². The molecule has 0 aromatic heterocycles. The number of hydrogen-bond donors (Lipinski definition) is 3. The van der Waals surface area contributed by atoms with Crippen LogP contribution in [0.5, 0.6) is 0 Å². The molecule has 1 rings (SSSR count). The number of halogens is 1. The fourth-order valence-corrected chi connectivity index (χ4v) is 1.24. The van der Waals surface area contributed by atoms with Crippen molar-refractivity contribution < 1.29 is 9.53 Å². The molecule has 0 fully saturated rings. The van der Waals surface area contributed by atoms with Crippen LogP contribution in [-0.2, 0) is 4.74 Å². The van der Waals surface area contributed by atoms with E-state index < -0.39 is 6.09 Å². The first-order valence-corrected chi connectivity index (χ1v) is 5.02. The van der Waals surface area contributed by atoms with Crippen molar-refractivity contribution in [2.45, 2.75) is 0 Å². The topological polar surface area (TPSA) is 76.4 Å². The number of amides is 1. The van der Waals surface area contributed by atoms with Crippen molar-refractivity contribution in [2.24, 2.45) is 5.73 Å². The zero-order valence-electron chi connectivity index (χ0n) is 8.41. The minimum atomic E-state index is -0.628. The molecule has 0 saturated carbocycles. The number of carbonyl (C=O) groups excluding carboxylic acids is 1. The predicted molar refractivity (Wildman–Crippen MR) is 66.5 cm³/mol. The average molecular weight is 260 g/mol. The third-order valence-electron chi connectivity index (χ3n) is 1.74. The van der Waals surface area contributed by atoms with Gasteiger partial charge in [-0.1, -0.05) is 29.9 Å². The minimum Gasteiger partial charge on any atom is -0.452 e. The van der Waals surface area contributed by atoms with Crippen LogP contribution in [0.4, 0.5) is 10.5 Å². The van der Waals surface area contributed by atoms with E-state index in [4.69, 9.17) is 29.6 Å². The van der Waals surface area contributed by atoms with Gasteiger partial charge in [0, 0.05) is 5.56 Å². The molecule has 86 valence electrons. The van der Waals surface area contributed by atoms with E-state index in [1.165, 1.54) is 7.11 Å². The zero-order valence-corrected chi connectivity index (χ0v) is 9.98. The second kappa shape index (κ2) is 5.53. The zero-order chi connectivity index (χ0) is 12.1. The van der Waals surface area contributed by atoms with E-state index >= 15 is 0 Å². The van der Waals surface area contributed by atoms with Crippen LogP contribution >= 0.6 is 23.8 Å². The highest BCUT2D eigenvalue weighted by molar-refractivity contribution is 7.80. The Balaban J connectivity index is 2.82. The highest BCUT2D eigenvalue weighted by Gasteiger charge is 2.05. The fourth-order valence-electron chi connectivity index (χ4n) is 0.944. The molecule has 0 aliphatic rings. The summed E-state index contributed by atoms with van der Waals surface area (Å²) in [6.07, 6.45) is -0.628. The second-order valence-electron chi connectivity index (χ2n) is 2.80. The maximum atomic E-state index is 10.8. The Hall–Kier alpha value is -1.53. The van der Waals surface area contributed by atoms with E-state index in [1.54, 1.807) is 18.2 Å². The molecule has 0 aliphatic carbocycles. The average Bonchev–Trinajstić information content (AvgIpc) is 2.27. The Kier molecular flexibility index (Phi) is 4.33. The Bertz CT molecular complexity index is 425. The SMILES string of the molecule is COC(=O)NNc1cc(C(N)=S)ccc1Cl. The van der Waals surface area contributed by atoms with Crippen molar-refractivity contribution in [1.82, 2.24) is 5.43 Å². The van der Waals surface area contributed by atoms with Gasteiger partial charge in [0.15, 0.2) is 0 Å². The molecular weight excluding hydrogens is 250 g/mol. The Morgan fingerprint density at radius 3 is 2.81 bits per heavy atom. The molecule has 0 aliphatic heterocycles. The number of rotatable bonds is 3. The lowest BCUT2D eigenvalue weighted by molar-refractivity contribution is 0.173. The number of hydrazine groups is 1. The quantitative estimate of drug-likeness (QED) is 0.569. The monoisotopic (exact) mass is 259 g/mol. The first kappa shape index (κ1) is 12.5. The van der Waals surface area contributed by atoms with Gasteiger partial charge in [-0.2, -0.15) is 0 Å². The van der Waals surface area contributed by atoms with Gasteiger partial charge in [0.05, 0.1) is 17.8 Å². The van der Waals surface area contributed by atoms with Crippen molar-refractivity contribution in [3.63, 3.8) is 0 Å². The van der Waals surface area contributed by atoms with Crippen LogP contribution in [0.25, 0.3) is 0 Å². The molecule has 5 nitrogen and oxygen atoms in total. The summed E-state index contributed by atoms with van der Waals surface area (Å²) in [6.45, 7) is 0. The summed E-state index contributed by atoms with van der Waals surface area (Å²) in [4.78, 5) is 11.1. The van der Waals surface area contributed by atoms with E-state index in [1.807, 2.05) is 0 Å². The number of nitrogens with two attached hydrogens (primary N) is 1. The van der Waals surface area contributed by atoms with Crippen LogP contribution in [0, 0.1) is 0 Å². The predicted octanol–water partition coefficient (Wildman–Crippen LogP) is 1.66. The molecular formula is C9H10ClN3O2S. The lowest BCUT2D eigenvalue weighted by Crippen LogP contribution is -2.29. The Morgan fingerprint density at radius 1 is 1.56 bits per heavy atom. The van der Waals surface area contributed by atoms with Crippen LogP contribution < -0.4 is 16.6 Å². The number of nitrogens with one attached hydrogen (secondary N) is 2. The maximum Gasteiger partial charge on any atom is 0.425 e. The Labute approximate surface area is 103 Å². The second-order valence-corrected chi connectivity index (χ2v) is 3.65. The van der Waals surface area contributed by atoms with Gasteiger partial charge in [0.2, 0.25) is 0 Å². The highest BCUT2D eigenvalue weighted by atomic mass is 35.5. The summed E-state index contributed by atoms with van der Waals surface area (Å²) in [5.41, 5.74) is 11.5. The molecule has 0 bridgehead atoms. The molecule has 1 amide bonds. The van der Waals surface area contributed by atoms with Crippen molar-refractivity contribution in [2.75, 3.05) is 12.5 Å². The normalized spacial score (nSPS) is 9.38. The maximum absolute atomic E-state index is 10.8. The smallest absolute Gasteiger partial charge is 0.425 e. The van der Waals surface area contributed by atoms with Crippen molar-refractivity contribution in [3.05, 3.63) is 28.8 Å². The number of hydrogen-bond acceptors (Lipinski definition) is 4. The molecule has 4 N–H and O–H groups in total. The molecule has 0 atom stereocenters. The molecule has 0 saturated heterocycles. The van der Waals surface area contributed by atoms with Crippen LogP contribution in [-0.4, -0.2) is 18.2 Å². The summed E-state index contributed by atoms with van der Waals surface area (Å²) < 4.78 is 4.38. The molecule has 0 heterocycles. The van der Waals surface area contributed by atoms with Crippen LogP contribution in [0.3, 0.4) is 0 Å². The van der Waals surface area contributed by atoms with Gasteiger partial charge in [-0.15, -0.1) is 0 Å². The van der Waals surface area contributed by atoms with E-state index in [2.05, 4.69) is 15.6 Å². The highest BCUT2D eigenvalue weighted by Crippen LogP contribution is 2.22. The number of ether oxygens (including phenoxy) is 1. The van der Waals surface area contributed by atoms with Gasteiger partial charge in [-0.25, -0.2) is 10.2 Å². The molecule has 1 aromatic rings. The van der Waals surface area contributed by atoms with Crippen LogP contribution in [0.2, 0.25) is 5.02 Å². The molecule has 1 aromatic carbocycles. The molecule has 0 unspecified atom stereocenters. The van der Waals surface area contributed by atoms with Gasteiger partial charge in [0.25, 0.3) is 0 Å². The van der Waals surface area contributed by atoms with E-state index in [-0.39, 0.29) is 4.99 Å². The van der Waals surface area contributed by atoms with Gasteiger partial charge >= 0.3 is 6.09 Å². The number of benzene rings is 1. The largest absolute Gasteiger partial charge is 0.452 e. The van der Waals surface area contributed by atoms with Crippen molar-refractivity contribution in [1.29, 1.82) is 0 Å². The standard InChI is InChI=1S/C9H10ClN3O2S/c1-15-9(14)13-12-7-4-5(8(11)16)2-3-6(7)10/h2-4,12H,1H3,(H2,11,16)(H,13,14). The number of anilines is 1. The van der Waals surface area contributed by atoms with Gasteiger partial charge in [-0.05, 0) is 12.1 Å². The molecule has 0 spiro atoms. The Morgan fingerprint density at radius 2 is 2.25 bits per heavy atom. The summed E-state index contributed by atoms with van der Waals surface area (Å²) in [6, 6.07) is 4.94. The molecule has 0 radical (unpaired) electrons.